The fourth-order valence-electron chi connectivity index (χ4n) is 11.9. The average molecular weight is 863 g/mol. The van der Waals surface area contributed by atoms with E-state index < -0.39 is 8.07 Å². The molecule has 0 N–H and O–H groups in total. The summed E-state index contributed by atoms with van der Waals surface area (Å²) >= 11 is 0. The molecule has 3 aliphatic rings. The van der Waals surface area contributed by atoms with Gasteiger partial charge in [-0.3, -0.25) is 0 Å². The Morgan fingerprint density at radius 3 is 1.82 bits per heavy atom. The maximum Gasteiger partial charge on any atom is 0.376 e. The summed E-state index contributed by atoms with van der Waals surface area (Å²) < 4.78 is 14.6. The molecule has 0 fully saturated rings. The normalized spacial score (nSPS) is 14.3. The molecule has 0 atom stereocenters. The Bertz CT molecular complexity index is 3740. The Morgan fingerprint density at radius 2 is 1.09 bits per heavy atom. The molecule has 4 nitrogen and oxygen atoms in total. The lowest BCUT2D eigenvalue weighted by Crippen LogP contribution is -2.79. The van der Waals surface area contributed by atoms with Crippen molar-refractivity contribution in [3.8, 4) is 22.3 Å². The van der Waals surface area contributed by atoms with Crippen LogP contribution in [-0.4, -0.2) is 14.9 Å². The maximum atomic E-state index is 7.43. The Kier molecular flexibility index (Phi) is 7.75. The van der Waals surface area contributed by atoms with Crippen molar-refractivity contribution >= 4 is 108 Å². The summed E-state index contributed by atoms with van der Waals surface area (Å²) in [5, 5.41) is 8.73. The van der Waals surface area contributed by atoms with Crippen molar-refractivity contribution in [2.45, 2.75) is 26.2 Å². The number of para-hydroxylation sites is 4. The molecule has 5 heterocycles. The largest absolute Gasteiger partial charge is 0.466 e. The molecular formula is C60H43BN2O2Si. The third kappa shape index (κ3) is 4.94. The van der Waals surface area contributed by atoms with Crippen LogP contribution >= 0.6 is 0 Å². The van der Waals surface area contributed by atoms with Crippen LogP contribution in [0.4, 0.5) is 28.4 Å². The molecule has 0 amide bonds. The molecule has 0 unspecified atom stereocenters. The zero-order valence-corrected chi connectivity index (χ0v) is 37.9. The summed E-state index contributed by atoms with van der Waals surface area (Å²) in [4.78, 5) is 5.18. The molecule has 0 bridgehead atoms. The van der Waals surface area contributed by atoms with Crippen molar-refractivity contribution in [3.05, 3.63) is 212 Å². The van der Waals surface area contributed by atoms with Crippen LogP contribution < -0.4 is 41.6 Å². The van der Waals surface area contributed by atoms with E-state index in [0.717, 1.165) is 61.2 Å². The fourth-order valence-corrected chi connectivity index (χ4v) is 17.0. The minimum Gasteiger partial charge on any atom is -0.466 e. The number of benzene rings is 9. The van der Waals surface area contributed by atoms with Gasteiger partial charge in [-0.15, -0.1) is 0 Å². The molecule has 14 rings (SSSR count). The number of anilines is 5. The van der Waals surface area contributed by atoms with Crippen LogP contribution in [0.3, 0.4) is 0 Å². The second-order valence-corrected chi connectivity index (χ2v) is 22.9. The van der Waals surface area contributed by atoms with Crippen LogP contribution in [0.1, 0.15) is 26.3 Å². The second-order valence-electron chi connectivity index (χ2n) is 19.1. The topological polar surface area (TPSA) is 32.8 Å². The molecule has 0 saturated carbocycles. The zero-order valence-electron chi connectivity index (χ0n) is 36.9. The van der Waals surface area contributed by atoms with E-state index in [2.05, 4.69) is 237 Å². The van der Waals surface area contributed by atoms with Gasteiger partial charge in [-0.25, -0.2) is 0 Å². The first kappa shape index (κ1) is 37.6. The molecule has 0 spiro atoms. The van der Waals surface area contributed by atoms with Gasteiger partial charge in [-0.05, 0) is 85.2 Å². The van der Waals surface area contributed by atoms with Crippen molar-refractivity contribution in [1.29, 1.82) is 0 Å². The van der Waals surface area contributed by atoms with Crippen molar-refractivity contribution in [1.82, 2.24) is 0 Å². The van der Waals surface area contributed by atoms with Gasteiger partial charge >= 0.3 is 6.85 Å². The number of furan rings is 2. The average Bonchev–Trinajstić information content (AvgIpc) is 3.94. The van der Waals surface area contributed by atoms with E-state index in [0.29, 0.717) is 0 Å². The lowest BCUT2D eigenvalue weighted by atomic mass is 9.45. The Labute approximate surface area is 385 Å². The van der Waals surface area contributed by atoms with Crippen LogP contribution in [0.15, 0.2) is 215 Å². The monoisotopic (exact) mass is 862 g/mol. The van der Waals surface area contributed by atoms with E-state index in [9.17, 15) is 0 Å². The third-order valence-electron chi connectivity index (χ3n) is 14.6. The highest BCUT2D eigenvalue weighted by molar-refractivity contribution is 7.22. The highest BCUT2D eigenvalue weighted by atomic mass is 28.3. The van der Waals surface area contributed by atoms with E-state index in [1.54, 1.807) is 0 Å². The molecule has 3 aliphatic heterocycles. The Morgan fingerprint density at radius 1 is 0.470 bits per heavy atom. The molecule has 312 valence electrons. The molecule has 0 saturated heterocycles. The smallest absolute Gasteiger partial charge is 0.376 e. The van der Waals surface area contributed by atoms with Gasteiger partial charge in [-0.2, -0.15) is 0 Å². The second kappa shape index (κ2) is 13.6. The van der Waals surface area contributed by atoms with E-state index in [1.807, 2.05) is 0 Å². The highest BCUT2D eigenvalue weighted by Crippen LogP contribution is 2.54. The van der Waals surface area contributed by atoms with E-state index in [4.69, 9.17) is 8.83 Å². The maximum absolute atomic E-state index is 7.43. The lowest BCUT2D eigenvalue weighted by molar-refractivity contribution is 0.590. The number of rotatable bonds is 4. The minimum absolute atomic E-state index is 0.0581. The summed E-state index contributed by atoms with van der Waals surface area (Å²) in [5.74, 6) is 0. The molecular weight excluding hydrogens is 820 g/mol. The van der Waals surface area contributed by atoms with Crippen molar-refractivity contribution < 1.29 is 8.83 Å². The van der Waals surface area contributed by atoms with Gasteiger partial charge in [0, 0.05) is 49.9 Å². The SMILES string of the molecule is CC(C)(C)c1ccc(N2c3cc4c(oc5ccccc54)c4c3B(c3oc5ccccc5c32)N2c3ccccc3[Si](c3ccccc3)(c3ccccc3)c3cccc-4c32)c(-c2ccccc2)c1. The van der Waals surface area contributed by atoms with Gasteiger partial charge in [0.25, 0.3) is 0 Å². The predicted octanol–water partition coefficient (Wildman–Crippen LogP) is 11.7. The Balaban J connectivity index is 1.18. The molecule has 6 heteroatoms. The summed E-state index contributed by atoms with van der Waals surface area (Å²) in [5.41, 5.74) is 16.4. The molecule has 0 radical (unpaired) electrons. The Hall–Kier alpha value is -7.80. The number of hydrogen-bond donors (Lipinski definition) is 0. The van der Waals surface area contributed by atoms with Gasteiger partial charge in [-0.1, -0.05) is 185 Å². The van der Waals surface area contributed by atoms with E-state index in [1.165, 1.54) is 59.8 Å². The summed E-state index contributed by atoms with van der Waals surface area (Å²) in [7, 11) is -2.96. The van der Waals surface area contributed by atoms with Crippen LogP contribution in [0.5, 0.6) is 0 Å². The number of hydrogen-bond acceptors (Lipinski definition) is 4. The van der Waals surface area contributed by atoms with Crippen molar-refractivity contribution in [2.24, 2.45) is 0 Å². The lowest BCUT2D eigenvalue weighted by Gasteiger charge is -2.51. The molecule has 66 heavy (non-hydrogen) atoms. The molecule has 9 aromatic carbocycles. The first-order valence-electron chi connectivity index (χ1n) is 23.0. The highest BCUT2D eigenvalue weighted by Gasteiger charge is 2.56. The van der Waals surface area contributed by atoms with Crippen LogP contribution in [0.2, 0.25) is 0 Å². The van der Waals surface area contributed by atoms with Gasteiger partial charge in [0.05, 0.1) is 11.4 Å². The van der Waals surface area contributed by atoms with Crippen molar-refractivity contribution in [2.75, 3.05) is 9.71 Å². The van der Waals surface area contributed by atoms with E-state index in [-0.39, 0.29) is 12.3 Å². The van der Waals surface area contributed by atoms with Crippen LogP contribution in [0, 0.1) is 0 Å². The molecule has 11 aromatic rings. The standard InChI is InChI=1S/C60H43BN2O2Si/c1-60(2,3)39-34-35-47(45(36-39)38-20-7-4-8-21-38)62-49-37-46-42-26-13-16-30-50(42)64-58(46)54-44-28-19-33-53-56(44)63(61(55(49)54)59-57(62)43-27-14-17-31-51(43)65-59)48-29-15-18-32-52(48)66(53,40-22-9-5-10-23-40)41-24-11-6-12-25-41/h4-37H,1-3H3. The van der Waals surface area contributed by atoms with Gasteiger partial charge in [0.15, 0.2) is 8.07 Å². The molecule has 2 aromatic heterocycles. The number of fused-ring (bicyclic) bond motifs is 12. The van der Waals surface area contributed by atoms with Crippen LogP contribution in [0.25, 0.3) is 55.2 Å². The first-order chi connectivity index (χ1) is 32.4. The zero-order chi connectivity index (χ0) is 43.9. The third-order valence-corrected chi connectivity index (χ3v) is 19.5. The quantitative estimate of drug-likeness (QED) is 0.165. The summed E-state index contributed by atoms with van der Waals surface area (Å²) in [6, 6.07) is 76.4. The predicted molar refractivity (Wildman–Crippen MR) is 279 cm³/mol. The van der Waals surface area contributed by atoms with Gasteiger partial charge < -0.3 is 18.5 Å². The number of nitrogens with zero attached hydrogens (tertiary/aromatic N) is 2. The van der Waals surface area contributed by atoms with Crippen molar-refractivity contribution in [3.63, 3.8) is 0 Å². The summed E-state index contributed by atoms with van der Waals surface area (Å²) in [6.45, 7) is 6.57. The first-order valence-corrected chi connectivity index (χ1v) is 25.0. The van der Waals surface area contributed by atoms with E-state index >= 15 is 0 Å². The fraction of sp³-hybridized carbons (Fsp3) is 0.0667. The van der Waals surface area contributed by atoms with Crippen LogP contribution in [-0.2, 0) is 5.41 Å². The van der Waals surface area contributed by atoms with Gasteiger partial charge in [0.1, 0.15) is 22.4 Å². The summed E-state index contributed by atoms with van der Waals surface area (Å²) in [6.07, 6.45) is 0. The van der Waals surface area contributed by atoms with Gasteiger partial charge in [0.2, 0.25) is 0 Å². The molecule has 0 aliphatic carbocycles. The minimum atomic E-state index is -2.96.